The SMILES string of the molecule is Cc1ccc(C(C)(C)C)c(OCCCCCCCl)c1. The van der Waals surface area contributed by atoms with E-state index in [1.807, 2.05) is 0 Å². The maximum atomic E-state index is 5.99. The average molecular weight is 283 g/mol. The lowest BCUT2D eigenvalue weighted by atomic mass is 9.86. The molecule has 0 saturated heterocycles. The highest BCUT2D eigenvalue weighted by atomic mass is 35.5. The molecule has 0 N–H and O–H groups in total. The first kappa shape index (κ1) is 16.4. The maximum Gasteiger partial charge on any atom is 0.123 e. The van der Waals surface area contributed by atoms with Gasteiger partial charge in [-0.05, 0) is 42.4 Å². The second kappa shape index (κ2) is 7.79. The summed E-state index contributed by atoms with van der Waals surface area (Å²) in [4.78, 5) is 0. The third-order valence-corrected chi connectivity index (χ3v) is 3.50. The van der Waals surface area contributed by atoms with Gasteiger partial charge in [0.05, 0.1) is 6.61 Å². The first-order valence-electron chi connectivity index (χ1n) is 7.25. The molecule has 0 aromatic heterocycles. The van der Waals surface area contributed by atoms with Gasteiger partial charge in [0.1, 0.15) is 5.75 Å². The van der Waals surface area contributed by atoms with Gasteiger partial charge in [-0.2, -0.15) is 0 Å². The fourth-order valence-corrected chi connectivity index (χ4v) is 2.29. The zero-order valence-electron chi connectivity index (χ0n) is 12.8. The number of benzene rings is 1. The van der Waals surface area contributed by atoms with Crippen LogP contribution in [0, 0.1) is 6.92 Å². The highest BCUT2D eigenvalue weighted by Gasteiger charge is 2.18. The Labute approximate surface area is 123 Å². The van der Waals surface area contributed by atoms with Crippen molar-refractivity contribution >= 4 is 11.6 Å². The smallest absolute Gasteiger partial charge is 0.123 e. The van der Waals surface area contributed by atoms with Crippen molar-refractivity contribution in [2.75, 3.05) is 12.5 Å². The number of halogens is 1. The average Bonchev–Trinajstić information content (AvgIpc) is 2.32. The summed E-state index contributed by atoms with van der Waals surface area (Å²) in [5.74, 6) is 1.82. The van der Waals surface area contributed by atoms with Crippen LogP contribution in [-0.4, -0.2) is 12.5 Å². The van der Waals surface area contributed by atoms with Crippen LogP contribution in [0.2, 0.25) is 0 Å². The van der Waals surface area contributed by atoms with Crippen molar-refractivity contribution in [3.63, 3.8) is 0 Å². The molecule has 0 fully saturated rings. The highest BCUT2D eigenvalue weighted by Crippen LogP contribution is 2.32. The number of alkyl halides is 1. The van der Waals surface area contributed by atoms with Gasteiger partial charge in [0.2, 0.25) is 0 Å². The molecular formula is C17H27ClO. The van der Waals surface area contributed by atoms with Crippen molar-refractivity contribution in [2.45, 2.75) is 58.8 Å². The third kappa shape index (κ3) is 5.86. The van der Waals surface area contributed by atoms with Crippen molar-refractivity contribution in [3.8, 4) is 5.75 Å². The molecular weight excluding hydrogens is 256 g/mol. The third-order valence-electron chi connectivity index (χ3n) is 3.23. The molecule has 0 bridgehead atoms. The molecule has 1 aromatic carbocycles. The molecule has 19 heavy (non-hydrogen) atoms. The van der Waals surface area contributed by atoms with E-state index in [-0.39, 0.29) is 5.41 Å². The maximum absolute atomic E-state index is 5.99. The van der Waals surface area contributed by atoms with Gasteiger partial charge in [-0.25, -0.2) is 0 Å². The number of unbranched alkanes of at least 4 members (excludes halogenated alkanes) is 3. The molecule has 0 aliphatic carbocycles. The van der Waals surface area contributed by atoms with Crippen LogP contribution in [0.5, 0.6) is 5.75 Å². The summed E-state index contributed by atoms with van der Waals surface area (Å²) in [6, 6.07) is 6.51. The molecule has 1 aromatic rings. The van der Waals surface area contributed by atoms with E-state index in [0.717, 1.165) is 31.1 Å². The molecule has 0 spiro atoms. The molecule has 1 nitrogen and oxygen atoms in total. The Morgan fingerprint density at radius 2 is 1.74 bits per heavy atom. The van der Waals surface area contributed by atoms with Crippen LogP contribution in [0.25, 0.3) is 0 Å². The van der Waals surface area contributed by atoms with Crippen LogP contribution in [0.3, 0.4) is 0 Å². The van der Waals surface area contributed by atoms with Gasteiger partial charge < -0.3 is 4.74 Å². The number of hydrogen-bond acceptors (Lipinski definition) is 1. The summed E-state index contributed by atoms with van der Waals surface area (Å²) in [7, 11) is 0. The van der Waals surface area contributed by atoms with Gasteiger partial charge in [0, 0.05) is 5.88 Å². The van der Waals surface area contributed by atoms with Crippen molar-refractivity contribution in [2.24, 2.45) is 0 Å². The normalized spacial score (nSPS) is 11.6. The van der Waals surface area contributed by atoms with Crippen LogP contribution in [0.15, 0.2) is 18.2 Å². The molecule has 0 heterocycles. The molecule has 0 atom stereocenters. The van der Waals surface area contributed by atoms with Crippen molar-refractivity contribution in [1.29, 1.82) is 0 Å². The van der Waals surface area contributed by atoms with Gasteiger partial charge >= 0.3 is 0 Å². The van der Waals surface area contributed by atoms with Crippen LogP contribution < -0.4 is 4.74 Å². The van der Waals surface area contributed by atoms with E-state index in [1.165, 1.54) is 24.0 Å². The topological polar surface area (TPSA) is 9.23 Å². The Balaban J connectivity index is 2.54. The van der Waals surface area contributed by atoms with E-state index in [1.54, 1.807) is 0 Å². The molecule has 2 heteroatoms. The Morgan fingerprint density at radius 3 is 2.37 bits per heavy atom. The summed E-state index contributed by atoms with van der Waals surface area (Å²) in [5.41, 5.74) is 2.67. The minimum absolute atomic E-state index is 0.127. The molecule has 0 saturated carbocycles. The summed E-state index contributed by atoms with van der Waals surface area (Å²) >= 11 is 5.67. The van der Waals surface area contributed by atoms with Gasteiger partial charge in [0.25, 0.3) is 0 Å². The largest absolute Gasteiger partial charge is 0.493 e. The summed E-state index contributed by atoms with van der Waals surface area (Å²) in [6.45, 7) is 9.59. The predicted molar refractivity (Wildman–Crippen MR) is 84.6 cm³/mol. The van der Waals surface area contributed by atoms with Gasteiger partial charge in [-0.15, -0.1) is 11.6 Å². The Bertz CT molecular complexity index is 379. The van der Waals surface area contributed by atoms with Gasteiger partial charge in [0.15, 0.2) is 0 Å². The first-order valence-corrected chi connectivity index (χ1v) is 7.78. The van der Waals surface area contributed by atoms with Crippen molar-refractivity contribution in [1.82, 2.24) is 0 Å². The van der Waals surface area contributed by atoms with Crippen molar-refractivity contribution in [3.05, 3.63) is 29.3 Å². The number of rotatable bonds is 7. The van der Waals surface area contributed by atoms with Crippen LogP contribution in [0.1, 0.15) is 57.6 Å². The van der Waals surface area contributed by atoms with E-state index in [4.69, 9.17) is 16.3 Å². The summed E-state index contributed by atoms with van der Waals surface area (Å²) in [6.07, 6.45) is 4.61. The summed E-state index contributed by atoms with van der Waals surface area (Å²) < 4.78 is 5.99. The zero-order chi connectivity index (χ0) is 14.3. The quantitative estimate of drug-likeness (QED) is 0.476. The molecule has 0 aliphatic heterocycles. The van der Waals surface area contributed by atoms with Gasteiger partial charge in [-0.3, -0.25) is 0 Å². The lowest BCUT2D eigenvalue weighted by Gasteiger charge is -2.23. The lowest BCUT2D eigenvalue weighted by Crippen LogP contribution is -2.14. The Morgan fingerprint density at radius 1 is 1.05 bits per heavy atom. The number of hydrogen-bond donors (Lipinski definition) is 0. The lowest BCUT2D eigenvalue weighted by molar-refractivity contribution is 0.297. The number of ether oxygens (including phenoxy) is 1. The predicted octanol–water partition coefficient (Wildman–Crippen LogP) is 5.47. The molecule has 0 amide bonds. The second-order valence-electron chi connectivity index (χ2n) is 6.20. The zero-order valence-corrected chi connectivity index (χ0v) is 13.5. The Hall–Kier alpha value is -0.690. The molecule has 0 unspecified atom stereocenters. The highest BCUT2D eigenvalue weighted by molar-refractivity contribution is 6.17. The van der Waals surface area contributed by atoms with Crippen LogP contribution >= 0.6 is 11.6 Å². The summed E-state index contributed by atoms with van der Waals surface area (Å²) in [5, 5.41) is 0. The van der Waals surface area contributed by atoms with E-state index in [2.05, 4.69) is 45.9 Å². The Kier molecular flexibility index (Phi) is 6.71. The monoisotopic (exact) mass is 282 g/mol. The van der Waals surface area contributed by atoms with Crippen LogP contribution in [0.4, 0.5) is 0 Å². The molecule has 1 rings (SSSR count). The minimum atomic E-state index is 0.127. The van der Waals surface area contributed by atoms with E-state index < -0.39 is 0 Å². The fraction of sp³-hybridized carbons (Fsp3) is 0.647. The van der Waals surface area contributed by atoms with E-state index >= 15 is 0 Å². The molecule has 0 radical (unpaired) electrons. The first-order chi connectivity index (χ1) is 8.95. The van der Waals surface area contributed by atoms with Gasteiger partial charge in [-0.1, -0.05) is 45.7 Å². The van der Waals surface area contributed by atoms with Crippen molar-refractivity contribution < 1.29 is 4.74 Å². The second-order valence-corrected chi connectivity index (χ2v) is 6.58. The molecule has 0 aliphatic rings. The minimum Gasteiger partial charge on any atom is -0.493 e. The number of aryl methyl sites for hydroxylation is 1. The standard InChI is InChI=1S/C17H27ClO/c1-14-9-10-15(17(2,3)4)16(13-14)19-12-8-6-5-7-11-18/h9-10,13H,5-8,11-12H2,1-4H3. The molecule has 108 valence electrons. The van der Waals surface area contributed by atoms with Crippen LogP contribution in [-0.2, 0) is 5.41 Å². The van der Waals surface area contributed by atoms with E-state index in [9.17, 15) is 0 Å². The van der Waals surface area contributed by atoms with E-state index in [0.29, 0.717) is 0 Å². The fourth-order valence-electron chi connectivity index (χ4n) is 2.10.